The second-order valence-electron chi connectivity index (χ2n) is 3.71. The lowest BCUT2D eigenvalue weighted by Crippen LogP contribution is -2.14. The lowest BCUT2D eigenvalue weighted by molar-refractivity contribution is -0.127. The molecule has 0 N–H and O–H groups in total. The molecule has 5 nitrogen and oxygen atoms in total. The van der Waals surface area contributed by atoms with Gasteiger partial charge in [-0.15, -0.1) is 0 Å². The molecule has 82 valence electrons. The molecular weight excluding hydrogens is 208 g/mol. The summed E-state index contributed by atoms with van der Waals surface area (Å²) in [5.41, 5.74) is 1.67. The van der Waals surface area contributed by atoms with Gasteiger partial charge < -0.3 is 9.47 Å². The van der Waals surface area contributed by atoms with E-state index in [2.05, 4.69) is 5.10 Å². The number of nitrogens with zero attached hydrogens (tertiary/aromatic N) is 2. The van der Waals surface area contributed by atoms with Crippen LogP contribution < -0.4 is 9.47 Å². The Kier molecular flexibility index (Phi) is 1.86. The van der Waals surface area contributed by atoms with Crippen molar-refractivity contribution in [2.24, 2.45) is 5.10 Å². The maximum atomic E-state index is 11.3. The maximum absolute atomic E-state index is 11.3. The molecule has 1 aromatic rings. The topological polar surface area (TPSA) is 51.1 Å². The monoisotopic (exact) mass is 218 g/mol. The van der Waals surface area contributed by atoms with E-state index in [0.29, 0.717) is 12.2 Å². The summed E-state index contributed by atoms with van der Waals surface area (Å²) in [7, 11) is 1.66. The Morgan fingerprint density at radius 1 is 1.31 bits per heavy atom. The Bertz CT molecular complexity index is 496. The van der Waals surface area contributed by atoms with E-state index in [1.54, 1.807) is 7.05 Å². The quantitative estimate of drug-likeness (QED) is 0.706. The second kappa shape index (κ2) is 3.23. The number of fused-ring (bicyclic) bond motifs is 1. The SMILES string of the molecule is CN1N=C(c2ccc3c(c2)OCO3)CC1=O. The summed E-state index contributed by atoms with van der Waals surface area (Å²) in [5, 5.41) is 5.53. The first kappa shape index (κ1) is 9.21. The molecule has 0 bridgehead atoms. The predicted molar refractivity (Wildman–Crippen MR) is 56.5 cm³/mol. The van der Waals surface area contributed by atoms with Gasteiger partial charge in [-0.05, 0) is 18.2 Å². The number of hydrogen-bond donors (Lipinski definition) is 0. The van der Waals surface area contributed by atoms with Gasteiger partial charge in [-0.3, -0.25) is 4.79 Å². The minimum atomic E-state index is 0.00710. The number of carbonyl (C=O) groups is 1. The summed E-state index contributed by atoms with van der Waals surface area (Å²) in [6.45, 7) is 0.254. The largest absolute Gasteiger partial charge is 0.454 e. The molecule has 0 aromatic heterocycles. The van der Waals surface area contributed by atoms with E-state index in [9.17, 15) is 4.79 Å². The third kappa shape index (κ3) is 1.32. The zero-order valence-corrected chi connectivity index (χ0v) is 8.77. The molecule has 0 atom stereocenters. The summed E-state index contributed by atoms with van der Waals surface area (Å²) in [4.78, 5) is 11.3. The molecule has 0 fully saturated rings. The van der Waals surface area contributed by atoms with Crippen LogP contribution >= 0.6 is 0 Å². The van der Waals surface area contributed by atoms with E-state index in [-0.39, 0.29) is 12.7 Å². The van der Waals surface area contributed by atoms with Gasteiger partial charge in [-0.25, -0.2) is 5.01 Å². The highest BCUT2D eigenvalue weighted by atomic mass is 16.7. The van der Waals surface area contributed by atoms with Crippen LogP contribution in [-0.2, 0) is 4.79 Å². The van der Waals surface area contributed by atoms with Crippen molar-refractivity contribution < 1.29 is 14.3 Å². The smallest absolute Gasteiger partial charge is 0.248 e. The van der Waals surface area contributed by atoms with Crippen LogP contribution in [0.25, 0.3) is 0 Å². The summed E-state index contributed by atoms with van der Waals surface area (Å²) in [6, 6.07) is 5.58. The Morgan fingerprint density at radius 3 is 2.88 bits per heavy atom. The Labute approximate surface area is 92.3 Å². The number of rotatable bonds is 1. The lowest BCUT2D eigenvalue weighted by atomic mass is 10.1. The fraction of sp³-hybridized carbons (Fsp3) is 0.273. The molecule has 0 saturated heterocycles. The van der Waals surface area contributed by atoms with E-state index < -0.39 is 0 Å². The van der Waals surface area contributed by atoms with Crippen LogP contribution in [0.5, 0.6) is 11.5 Å². The van der Waals surface area contributed by atoms with E-state index in [1.807, 2.05) is 18.2 Å². The molecule has 0 spiro atoms. The van der Waals surface area contributed by atoms with Gasteiger partial charge in [0.15, 0.2) is 11.5 Å². The van der Waals surface area contributed by atoms with Gasteiger partial charge in [0.2, 0.25) is 12.7 Å². The van der Waals surface area contributed by atoms with Crippen molar-refractivity contribution in [2.75, 3.05) is 13.8 Å². The average molecular weight is 218 g/mol. The lowest BCUT2D eigenvalue weighted by Gasteiger charge is -2.01. The molecular formula is C11H10N2O3. The normalized spacial score (nSPS) is 17.9. The van der Waals surface area contributed by atoms with Crippen LogP contribution in [0.15, 0.2) is 23.3 Å². The molecule has 0 saturated carbocycles. The highest BCUT2D eigenvalue weighted by Crippen LogP contribution is 2.33. The molecule has 5 heteroatoms. The number of hydrazone groups is 1. The molecule has 0 unspecified atom stereocenters. The second-order valence-corrected chi connectivity index (χ2v) is 3.71. The predicted octanol–water partition coefficient (Wildman–Crippen LogP) is 0.982. The summed E-state index contributed by atoms with van der Waals surface area (Å²) >= 11 is 0. The van der Waals surface area contributed by atoms with E-state index in [4.69, 9.17) is 9.47 Å². The molecule has 0 radical (unpaired) electrons. The highest BCUT2D eigenvalue weighted by molar-refractivity contribution is 6.13. The Hall–Kier alpha value is -2.04. The van der Waals surface area contributed by atoms with Crippen molar-refractivity contribution in [1.82, 2.24) is 5.01 Å². The van der Waals surface area contributed by atoms with E-state index >= 15 is 0 Å². The summed E-state index contributed by atoms with van der Waals surface area (Å²) in [5.74, 6) is 1.46. The van der Waals surface area contributed by atoms with E-state index in [1.165, 1.54) is 5.01 Å². The molecule has 2 aliphatic heterocycles. The first-order chi connectivity index (χ1) is 7.74. The number of hydrogen-bond acceptors (Lipinski definition) is 4. The van der Waals surface area contributed by atoms with Crippen LogP contribution in [0.1, 0.15) is 12.0 Å². The average Bonchev–Trinajstić information content (AvgIpc) is 2.85. The van der Waals surface area contributed by atoms with Gasteiger partial charge in [0.1, 0.15) is 0 Å². The van der Waals surface area contributed by atoms with Gasteiger partial charge in [0, 0.05) is 12.6 Å². The third-order valence-corrected chi connectivity index (χ3v) is 2.66. The Balaban J connectivity index is 1.96. The van der Waals surface area contributed by atoms with Crippen LogP contribution in [0.3, 0.4) is 0 Å². The molecule has 3 rings (SSSR count). The molecule has 1 aromatic carbocycles. The fourth-order valence-electron chi connectivity index (χ4n) is 1.77. The van der Waals surface area contributed by atoms with Gasteiger partial charge >= 0.3 is 0 Å². The zero-order chi connectivity index (χ0) is 11.1. The maximum Gasteiger partial charge on any atom is 0.248 e. The standard InChI is InChI=1S/C11H10N2O3/c1-13-11(14)5-8(12-13)7-2-3-9-10(4-7)16-6-15-9/h2-4H,5-6H2,1H3. The van der Waals surface area contributed by atoms with E-state index in [0.717, 1.165) is 17.0 Å². The van der Waals surface area contributed by atoms with Crippen molar-refractivity contribution in [3.8, 4) is 11.5 Å². The summed E-state index contributed by atoms with van der Waals surface area (Å²) < 4.78 is 10.5. The molecule has 2 aliphatic rings. The van der Waals surface area contributed by atoms with Crippen LogP contribution in [-0.4, -0.2) is 30.5 Å². The van der Waals surface area contributed by atoms with Crippen LogP contribution in [0, 0.1) is 0 Å². The van der Waals surface area contributed by atoms with Gasteiger partial charge in [0.05, 0.1) is 12.1 Å². The van der Waals surface area contributed by atoms with Crippen molar-refractivity contribution in [2.45, 2.75) is 6.42 Å². The van der Waals surface area contributed by atoms with Gasteiger partial charge in [0.25, 0.3) is 0 Å². The van der Waals surface area contributed by atoms with Crippen LogP contribution in [0.4, 0.5) is 0 Å². The highest BCUT2D eigenvalue weighted by Gasteiger charge is 2.23. The summed E-state index contributed by atoms with van der Waals surface area (Å²) in [6.07, 6.45) is 0.343. The van der Waals surface area contributed by atoms with Crippen molar-refractivity contribution in [1.29, 1.82) is 0 Å². The Morgan fingerprint density at radius 2 is 2.12 bits per heavy atom. The first-order valence-corrected chi connectivity index (χ1v) is 4.98. The number of benzene rings is 1. The molecule has 2 heterocycles. The number of carbonyl (C=O) groups excluding carboxylic acids is 1. The molecule has 16 heavy (non-hydrogen) atoms. The van der Waals surface area contributed by atoms with Crippen molar-refractivity contribution in [3.63, 3.8) is 0 Å². The van der Waals surface area contributed by atoms with Crippen molar-refractivity contribution >= 4 is 11.6 Å². The third-order valence-electron chi connectivity index (χ3n) is 2.66. The first-order valence-electron chi connectivity index (χ1n) is 4.98. The van der Waals surface area contributed by atoms with Crippen LogP contribution in [0.2, 0.25) is 0 Å². The number of amides is 1. The minimum absolute atomic E-state index is 0.00710. The van der Waals surface area contributed by atoms with Gasteiger partial charge in [-0.2, -0.15) is 5.10 Å². The zero-order valence-electron chi connectivity index (χ0n) is 8.77. The molecule has 1 amide bonds. The van der Waals surface area contributed by atoms with Gasteiger partial charge in [-0.1, -0.05) is 0 Å². The van der Waals surface area contributed by atoms with Crippen molar-refractivity contribution in [3.05, 3.63) is 23.8 Å². The molecule has 0 aliphatic carbocycles. The minimum Gasteiger partial charge on any atom is -0.454 e. The number of ether oxygens (including phenoxy) is 2. The fourth-order valence-corrected chi connectivity index (χ4v) is 1.77.